The number of halogens is 1. The molecule has 1 aliphatic rings. The number of carbonyl (C=O) groups excluding carboxylic acids is 3. The van der Waals surface area contributed by atoms with Gasteiger partial charge in [-0.15, -0.1) is 8.95 Å². The summed E-state index contributed by atoms with van der Waals surface area (Å²) < 4.78 is 64.7. The van der Waals surface area contributed by atoms with E-state index in [0.29, 0.717) is 0 Å². The van der Waals surface area contributed by atoms with E-state index in [1.54, 1.807) is 0 Å². The van der Waals surface area contributed by atoms with Crippen LogP contribution in [0.3, 0.4) is 0 Å². The Hall–Kier alpha value is -2.38. The predicted octanol–water partition coefficient (Wildman–Crippen LogP) is -0.568. The first-order chi connectivity index (χ1) is 10.9. The number of hydrogen-bond donors (Lipinski definition) is 1. The Morgan fingerprint density at radius 1 is 1.17 bits per heavy atom. The van der Waals surface area contributed by atoms with Gasteiger partial charge in [0.05, 0.1) is 16.9 Å². The average molecular weight is 381 g/mol. The molecule has 1 N–H and O–H groups in total. The second kappa shape index (κ2) is 5.92. The van der Waals surface area contributed by atoms with Crippen molar-refractivity contribution in [3.63, 3.8) is 0 Å². The Morgan fingerprint density at radius 2 is 1.71 bits per heavy atom. The van der Waals surface area contributed by atoms with E-state index in [1.807, 2.05) is 0 Å². The molecule has 1 atom stereocenters. The molecule has 1 aliphatic heterocycles. The summed E-state index contributed by atoms with van der Waals surface area (Å²) in [4.78, 5) is 38.7. The van der Waals surface area contributed by atoms with E-state index in [2.05, 4.69) is 4.84 Å². The molecular weight excluding hydrogens is 373 g/mol. The molecule has 2 rings (SSSR count). The minimum atomic E-state index is -4.97. The van der Waals surface area contributed by atoms with Crippen LogP contribution in [-0.2, 0) is 34.8 Å². The highest BCUT2D eigenvalue weighted by Gasteiger charge is 2.48. The second-order valence-corrected chi connectivity index (χ2v) is 7.52. The van der Waals surface area contributed by atoms with Crippen molar-refractivity contribution in [1.29, 1.82) is 0 Å². The maximum Gasteiger partial charge on any atom is 0.363 e. The maximum absolute atomic E-state index is 12.7. The average Bonchev–Trinajstić information content (AvgIpc) is 2.74. The molecule has 1 aromatic carbocycles. The lowest BCUT2D eigenvalue weighted by Gasteiger charge is -2.13. The van der Waals surface area contributed by atoms with Crippen molar-refractivity contribution in [3.05, 3.63) is 29.8 Å². The van der Waals surface area contributed by atoms with Gasteiger partial charge in [-0.25, -0.2) is 4.79 Å². The van der Waals surface area contributed by atoms with Crippen molar-refractivity contribution >= 4 is 38.1 Å². The smallest absolute Gasteiger partial charge is 0.325 e. The second-order valence-electron chi connectivity index (χ2n) is 4.58. The quantitative estimate of drug-likeness (QED) is 0.410. The van der Waals surface area contributed by atoms with Crippen LogP contribution in [0.2, 0.25) is 0 Å². The molecule has 0 aromatic heterocycles. The zero-order valence-corrected chi connectivity index (χ0v) is 13.1. The minimum absolute atomic E-state index is 0.111. The standard InChI is InChI=1S/C11H8FNO9S2/c12-23(17,18)7-3-1-6(2-4-7)11(16)22-13-9(14)5-8(10(13)15)24(19,20)21/h1-4,8H,5H2,(H,19,20,21). The number of hydroxylamine groups is 2. The first-order valence-corrected chi connectivity index (χ1v) is 8.90. The fraction of sp³-hybridized carbons (Fsp3) is 0.182. The fourth-order valence-corrected chi connectivity index (χ4v) is 2.97. The Morgan fingerprint density at radius 3 is 2.12 bits per heavy atom. The Labute approximate surface area is 134 Å². The lowest BCUT2D eigenvalue weighted by molar-refractivity contribution is -0.172. The molecule has 0 aliphatic carbocycles. The van der Waals surface area contributed by atoms with Gasteiger partial charge in [-0.2, -0.15) is 16.8 Å². The monoisotopic (exact) mass is 381 g/mol. The van der Waals surface area contributed by atoms with E-state index in [4.69, 9.17) is 4.55 Å². The van der Waals surface area contributed by atoms with E-state index in [0.717, 1.165) is 24.3 Å². The van der Waals surface area contributed by atoms with Gasteiger partial charge < -0.3 is 4.84 Å². The first-order valence-electron chi connectivity index (χ1n) is 6.01. The van der Waals surface area contributed by atoms with Gasteiger partial charge in [0.25, 0.3) is 21.9 Å². The largest absolute Gasteiger partial charge is 0.363 e. The number of amides is 2. The summed E-state index contributed by atoms with van der Waals surface area (Å²) in [7, 11) is -9.83. The summed E-state index contributed by atoms with van der Waals surface area (Å²) in [6, 6.07) is 3.22. The highest BCUT2D eigenvalue weighted by molar-refractivity contribution is 7.87. The first kappa shape index (κ1) is 18.0. The number of carbonyl (C=O) groups is 3. The molecule has 0 bridgehead atoms. The van der Waals surface area contributed by atoms with Gasteiger partial charge in [-0.1, -0.05) is 0 Å². The third kappa shape index (κ3) is 3.58. The molecule has 1 saturated heterocycles. The van der Waals surface area contributed by atoms with Crippen molar-refractivity contribution in [3.8, 4) is 0 Å². The summed E-state index contributed by atoms with van der Waals surface area (Å²) in [5, 5.41) is -2.18. The van der Waals surface area contributed by atoms with Crippen molar-refractivity contribution < 1.29 is 44.5 Å². The fourth-order valence-electron chi connectivity index (χ4n) is 1.80. The molecule has 1 aromatic rings. The van der Waals surface area contributed by atoms with Crippen LogP contribution in [0.25, 0.3) is 0 Å². The van der Waals surface area contributed by atoms with Crippen LogP contribution in [0.1, 0.15) is 16.8 Å². The SMILES string of the molecule is O=C(ON1C(=O)CC(S(=O)(=O)O)C1=O)c1ccc(S(=O)(=O)F)cc1. The van der Waals surface area contributed by atoms with Gasteiger partial charge in [-0.05, 0) is 24.3 Å². The summed E-state index contributed by atoms with van der Waals surface area (Å²) in [5.41, 5.74) is -0.335. The number of rotatable bonds is 4. The summed E-state index contributed by atoms with van der Waals surface area (Å²) in [6.07, 6.45) is -0.899. The van der Waals surface area contributed by atoms with Crippen molar-refractivity contribution in [2.24, 2.45) is 0 Å². The van der Waals surface area contributed by atoms with Gasteiger partial charge in [0.1, 0.15) is 0 Å². The Bertz CT molecular complexity index is 921. The summed E-state index contributed by atoms with van der Waals surface area (Å²) in [6.45, 7) is 0. The Kier molecular flexibility index (Phi) is 4.43. The zero-order valence-electron chi connectivity index (χ0n) is 11.4. The Balaban J connectivity index is 2.18. The van der Waals surface area contributed by atoms with Gasteiger partial charge in [0.15, 0.2) is 5.25 Å². The van der Waals surface area contributed by atoms with Crippen molar-refractivity contribution in [1.82, 2.24) is 5.06 Å². The van der Waals surface area contributed by atoms with E-state index in [-0.39, 0.29) is 10.6 Å². The van der Waals surface area contributed by atoms with Crippen molar-refractivity contribution in [2.75, 3.05) is 0 Å². The highest BCUT2D eigenvalue weighted by Crippen LogP contribution is 2.21. The van der Waals surface area contributed by atoms with Gasteiger partial charge in [0, 0.05) is 0 Å². The molecule has 24 heavy (non-hydrogen) atoms. The molecule has 13 heteroatoms. The molecule has 2 amide bonds. The topological polar surface area (TPSA) is 152 Å². The molecule has 10 nitrogen and oxygen atoms in total. The summed E-state index contributed by atoms with van der Waals surface area (Å²) >= 11 is 0. The van der Waals surface area contributed by atoms with Gasteiger partial charge in [-0.3, -0.25) is 14.1 Å². The van der Waals surface area contributed by atoms with Crippen LogP contribution in [0.4, 0.5) is 3.89 Å². The van der Waals surface area contributed by atoms with Crippen LogP contribution >= 0.6 is 0 Å². The normalized spacial score (nSPS) is 18.8. The molecule has 0 radical (unpaired) electrons. The van der Waals surface area contributed by atoms with E-state index >= 15 is 0 Å². The number of nitrogens with zero attached hydrogens (tertiary/aromatic N) is 1. The third-order valence-corrected chi connectivity index (χ3v) is 4.89. The molecule has 0 saturated carbocycles. The van der Waals surface area contributed by atoms with E-state index in [9.17, 15) is 35.1 Å². The number of hydrogen-bond acceptors (Lipinski definition) is 8. The lowest BCUT2D eigenvalue weighted by Crippen LogP contribution is -2.36. The van der Waals surface area contributed by atoms with Gasteiger partial charge in [0.2, 0.25) is 0 Å². The summed E-state index contributed by atoms with van der Waals surface area (Å²) in [5.74, 6) is -3.91. The van der Waals surface area contributed by atoms with Crippen LogP contribution in [0.5, 0.6) is 0 Å². The number of imide groups is 1. The third-order valence-electron chi connectivity index (χ3n) is 2.97. The van der Waals surface area contributed by atoms with Crippen LogP contribution in [0.15, 0.2) is 29.2 Å². The van der Waals surface area contributed by atoms with Crippen LogP contribution in [0, 0.1) is 0 Å². The zero-order chi connectivity index (χ0) is 18.3. The lowest BCUT2D eigenvalue weighted by atomic mass is 10.2. The molecule has 0 spiro atoms. The highest BCUT2D eigenvalue weighted by atomic mass is 32.3. The maximum atomic E-state index is 12.7. The predicted molar refractivity (Wildman–Crippen MR) is 72.0 cm³/mol. The van der Waals surface area contributed by atoms with E-state index in [1.165, 1.54) is 0 Å². The number of benzene rings is 1. The molecule has 130 valence electrons. The van der Waals surface area contributed by atoms with Crippen LogP contribution in [-0.4, -0.2) is 49.5 Å². The van der Waals surface area contributed by atoms with Crippen LogP contribution < -0.4 is 0 Å². The van der Waals surface area contributed by atoms with Crippen molar-refractivity contribution in [2.45, 2.75) is 16.6 Å². The molecular formula is C11H8FNO9S2. The minimum Gasteiger partial charge on any atom is -0.325 e. The molecule has 1 unspecified atom stereocenters. The van der Waals surface area contributed by atoms with Gasteiger partial charge >= 0.3 is 16.2 Å². The van der Waals surface area contributed by atoms with E-state index < -0.39 is 54.7 Å². The molecule has 1 heterocycles. The molecule has 1 fully saturated rings.